The summed E-state index contributed by atoms with van der Waals surface area (Å²) in [5.74, 6) is 2.53. The van der Waals surface area contributed by atoms with Crippen molar-refractivity contribution >= 4 is 23.2 Å². The smallest absolute Gasteiger partial charge is 0.251 e. The predicted molar refractivity (Wildman–Crippen MR) is 118 cm³/mol. The van der Waals surface area contributed by atoms with Crippen LogP contribution in [0.3, 0.4) is 0 Å². The number of aromatic nitrogens is 2. The van der Waals surface area contributed by atoms with Gasteiger partial charge in [-0.25, -0.2) is 4.98 Å². The molecule has 1 atom stereocenters. The summed E-state index contributed by atoms with van der Waals surface area (Å²) in [6.07, 6.45) is 7.84. The molecule has 1 saturated carbocycles. The van der Waals surface area contributed by atoms with Crippen LogP contribution < -0.4 is 15.4 Å². The Balaban J connectivity index is 1.57. The summed E-state index contributed by atoms with van der Waals surface area (Å²) in [5, 5.41) is 5.86. The van der Waals surface area contributed by atoms with Gasteiger partial charge in [0, 0.05) is 43.5 Å². The maximum absolute atomic E-state index is 11.7. The average molecular weight is 416 g/mol. The van der Waals surface area contributed by atoms with E-state index in [1.807, 2.05) is 18.2 Å². The van der Waals surface area contributed by atoms with Gasteiger partial charge in [0.05, 0.1) is 6.20 Å². The highest BCUT2D eigenvalue weighted by molar-refractivity contribution is 5.94. The van der Waals surface area contributed by atoms with E-state index in [4.69, 9.17) is 4.74 Å². The molecule has 2 N–H and O–H groups in total. The highest BCUT2D eigenvalue weighted by Gasteiger charge is 2.23. The molecule has 7 nitrogen and oxygen atoms in total. The molecule has 1 aromatic heterocycles. The summed E-state index contributed by atoms with van der Waals surface area (Å²) < 4.78 is 6.15. The summed E-state index contributed by atoms with van der Waals surface area (Å²) in [4.78, 5) is 31.8. The van der Waals surface area contributed by atoms with Crippen LogP contribution in [-0.4, -0.2) is 28.7 Å². The molecule has 0 saturated heterocycles. The maximum Gasteiger partial charge on any atom is 0.251 e. The Morgan fingerprint density at radius 1 is 1.16 bits per heavy atom. The lowest BCUT2D eigenvalue weighted by Gasteiger charge is -2.16. The molecule has 0 bridgehead atoms. The van der Waals surface area contributed by atoms with E-state index in [0.717, 1.165) is 29.8 Å². The average Bonchev–Trinajstić information content (AvgIpc) is 3.20. The van der Waals surface area contributed by atoms with E-state index in [2.05, 4.69) is 20.6 Å². The molecule has 1 aliphatic rings. The Morgan fingerprint density at radius 2 is 2.00 bits per heavy atom. The largest absolute Gasteiger partial charge is 0.457 e. The van der Waals surface area contributed by atoms with E-state index in [1.54, 1.807) is 49.9 Å². The number of ketones is 1. The van der Waals surface area contributed by atoms with Gasteiger partial charge in [-0.3, -0.25) is 14.6 Å². The van der Waals surface area contributed by atoms with E-state index >= 15 is 0 Å². The number of carbonyl (C=O) groups excluding carboxylic acids is 2. The van der Waals surface area contributed by atoms with Crippen molar-refractivity contribution < 1.29 is 14.3 Å². The second-order valence-corrected chi connectivity index (χ2v) is 7.60. The number of Topliss-reactive ketones (excluding diaryl/α,β-unsaturated/α-hetero) is 1. The fraction of sp³-hybridized carbons (Fsp3) is 0.250. The lowest BCUT2D eigenvalue weighted by Crippen LogP contribution is -2.17. The molecule has 7 heteroatoms. The third-order valence-corrected chi connectivity index (χ3v) is 5.32. The van der Waals surface area contributed by atoms with Crippen molar-refractivity contribution in [2.24, 2.45) is 5.92 Å². The molecule has 2 aromatic carbocycles. The van der Waals surface area contributed by atoms with Gasteiger partial charge in [-0.15, -0.1) is 0 Å². The predicted octanol–water partition coefficient (Wildman–Crippen LogP) is 4.28. The first-order valence-electron chi connectivity index (χ1n) is 10.3. The van der Waals surface area contributed by atoms with Crippen molar-refractivity contribution in [3.05, 3.63) is 72.2 Å². The van der Waals surface area contributed by atoms with Gasteiger partial charge >= 0.3 is 0 Å². The summed E-state index contributed by atoms with van der Waals surface area (Å²) >= 11 is 0. The molecular formula is C24H24N4O3. The molecule has 1 unspecified atom stereocenters. The monoisotopic (exact) mass is 416 g/mol. The van der Waals surface area contributed by atoms with Crippen LogP contribution in [0.25, 0.3) is 0 Å². The van der Waals surface area contributed by atoms with Gasteiger partial charge in [0.2, 0.25) is 0 Å². The first-order valence-corrected chi connectivity index (χ1v) is 10.3. The molecule has 1 fully saturated rings. The third kappa shape index (κ3) is 5.25. The van der Waals surface area contributed by atoms with Gasteiger partial charge < -0.3 is 15.4 Å². The minimum Gasteiger partial charge on any atom is -0.457 e. The number of nitrogens with one attached hydrogen (secondary N) is 2. The Labute approximate surface area is 180 Å². The van der Waals surface area contributed by atoms with Crippen LogP contribution in [-0.2, 0) is 11.2 Å². The maximum atomic E-state index is 11.7. The minimum atomic E-state index is -0.141. The van der Waals surface area contributed by atoms with Gasteiger partial charge in [-0.05, 0) is 66.8 Å². The number of benzene rings is 2. The highest BCUT2D eigenvalue weighted by Crippen LogP contribution is 2.34. The van der Waals surface area contributed by atoms with Crippen molar-refractivity contribution in [2.45, 2.75) is 25.7 Å². The SMILES string of the molecule is CNC(=O)c1ccc(Oc2ccc(Nc3cnccn3)cc2CC2CCC(=O)C2)cc1. The lowest BCUT2D eigenvalue weighted by atomic mass is 9.97. The Bertz CT molecular complexity index is 1070. The molecule has 3 aromatic rings. The van der Waals surface area contributed by atoms with Crippen LogP contribution >= 0.6 is 0 Å². The van der Waals surface area contributed by atoms with Gasteiger partial charge in [-0.2, -0.15) is 0 Å². The number of hydrogen-bond donors (Lipinski definition) is 2. The topological polar surface area (TPSA) is 93.2 Å². The second kappa shape index (κ2) is 9.38. The molecule has 0 spiro atoms. The van der Waals surface area contributed by atoms with Crippen molar-refractivity contribution in [2.75, 3.05) is 12.4 Å². The first-order chi connectivity index (χ1) is 15.1. The van der Waals surface area contributed by atoms with Crippen molar-refractivity contribution in [3.63, 3.8) is 0 Å². The molecule has 0 radical (unpaired) electrons. The van der Waals surface area contributed by atoms with Crippen LogP contribution in [0.5, 0.6) is 11.5 Å². The van der Waals surface area contributed by atoms with E-state index in [0.29, 0.717) is 41.7 Å². The molecule has 1 amide bonds. The standard InChI is InChI=1S/C24H24N4O3/c1-25-24(30)17-3-7-21(8-4-17)31-22-9-5-19(28-23-15-26-10-11-27-23)14-18(22)12-16-2-6-20(29)13-16/h3-5,7-11,14-16H,2,6,12-13H2,1H3,(H,25,30)(H,27,28). The fourth-order valence-electron chi connectivity index (χ4n) is 3.75. The number of amides is 1. The van der Waals surface area contributed by atoms with Crippen LogP contribution in [0, 0.1) is 5.92 Å². The molecule has 4 rings (SSSR count). The number of hydrogen-bond acceptors (Lipinski definition) is 6. The molecule has 1 aliphatic carbocycles. The normalized spacial score (nSPS) is 15.5. The van der Waals surface area contributed by atoms with Gasteiger partial charge in [0.25, 0.3) is 5.91 Å². The number of rotatable bonds is 7. The number of ether oxygens (including phenoxy) is 1. The van der Waals surface area contributed by atoms with E-state index in [9.17, 15) is 9.59 Å². The van der Waals surface area contributed by atoms with Crippen LogP contribution in [0.2, 0.25) is 0 Å². The fourth-order valence-corrected chi connectivity index (χ4v) is 3.75. The Morgan fingerprint density at radius 3 is 2.68 bits per heavy atom. The first kappa shape index (κ1) is 20.5. The Hall–Kier alpha value is -3.74. The third-order valence-electron chi connectivity index (χ3n) is 5.32. The highest BCUT2D eigenvalue weighted by atomic mass is 16.5. The van der Waals surface area contributed by atoms with Crippen molar-refractivity contribution in [1.82, 2.24) is 15.3 Å². The van der Waals surface area contributed by atoms with Crippen molar-refractivity contribution in [1.29, 1.82) is 0 Å². The van der Waals surface area contributed by atoms with Gasteiger partial charge in [0.15, 0.2) is 0 Å². The quantitative estimate of drug-likeness (QED) is 0.597. The number of anilines is 2. The van der Waals surface area contributed by atoms with E-state index in [1.165, 1.54) is 0 Å². The number of nitrogens with zero attached hydrogens (tertiary/aromatic N) is 2. The van der Waals surface area contributed by atoms with Gasteiger partial charge in [0.1, 0.15) is 23.1 Å². The zero-order valence-electron chi connectivity index (χ0n) is 17.3. The summed E-state index contributed by atoms with van der Waals surface area (Å²) in [7, 11) is 1.60. The molecular weight excluding hydrogens is 392 g/mol. The van der Waals surface area contributed by atoms with Gasteiger partial charge in [-0.1, -0.05) is 0 Å². The minimum absolute atomic E-state index is 0.141. The van der Waals surface area contributed by atoms with Crippen LogP contribution in [0.4, 0.5) is 11.5 Å². The zero-order valence-corrected chi connectivity index (χ0v) is 17.3. The molecule has 158 valence electrons. The van der Waals surface area contributed by atoms with E-state index in [-0.39, 0.29) is 5.91 Å². The molecule has 1 heterocycles. The van der Waals surface area contributed by atoms with Crippen LogP contribution in [0.1, 0.15) is 35.2 Å². The van der Waals surface area contributed by atoms with Crippen LogP contribution in [0.15, 0.2) is 61.1 Å². The second-order valence-electron chi connectivity index (χ2n) is 7.60. The lowest BCUT2D eigenvalue weighted by molar-refractivity contribution is -0.117. The summed E-state index contributed by atoms with van der Waals surface area (Å²) in [5.41, 5.74) is 2.47. The molecule has 31 heavy (non-hydrogen) atoms. The van der Waals surface area contributed by atoms with Crippen molar-refractivity contribution in [3.8, 4) is 11.5 Å². The summed E-state index contributed by atoms with van der Waals surface area (Å²) in [6.45, 7) is 0. The van der Waals surface area contributed by atoms with E-state index < -0.39 is 0 Å². The zero-order chi connectivity index (χ0) is 21.6. The Kier molecular flexibility index (Phi) is 6.21. The molecule has 0 aliphatic heterocycles. The number of carbonyl (C=O) groups is 2. The summed E-state index contributed by atoms with van der Waals surface area (Å²) in [6, 6.07) is 12.9.